The quantitative estimate of drug-likeness (QED) is 0.810. The van der Waals surface area contributed by atoms with Crippen LogP contribution in [0.15, 0.2) is 35.7 Å². The van der Waals surface area contributed by atoms with Crippen molar-refractivity contribution in [2.75, 3.05) is 36.0 Å². The Labute approximate surface area is 123 Å². The van der Waals surface area contributed by atoms with Gasteiger partial charge in [0.1, 0.15) is 0 Å². The number of benzene rings is 1. The zero-order chi connectivity index (χ0) is 13.9. The first kappa shape index (κ1) is 13.2. The van der Waals surface area contributed by atoms with Gasteiger partial charge in [0.05, 0.1) is 4.88 Å². The van der Waals surface area contributed by atoms with Crippen molar-refractivity contribution in [2.45, 2.75) is 6.92 Å². The Kier molecular flexibility index (Phi) is 3.74. The fraction of sp³-hybridized carbons (Fsp3) is 0.312. The molecule has 1 saturated heterocycles. The molecule has 0 atom stereocenters. The number of aldehydes is 1. The summed E-state index contributed by atoms with van der Waals surface area (Å²) >= 11 is 1.52. The van der Waals surface area contributed by atoms with Gasteiger partial charge in [-0.05, 0) is 30.7 Å². The molecule has 2 aromatic rings. The van der Waals surface area contributed by atoms with Crippen LogP contribution in [0.1, 0.15) is 15.2 Å². The molecule has 1 aliphatic rings. The van der Waals surface area contributed by atoms with Gasteiger partial charge in [-0.15, -0.1) is 11.3 Å². The van der Waals surface area contributed by atoms with E-state index in [0.29, 0.717) is 0 Å². The monoisotopic (exact) mass is 286 g/mol. The molecule has 0 N–H and O–H groups in total. The number of nitrogens with zero attached hydrogens (tertiary/aromatic N) is 2. The highest BCUT2D eigenvalue weighted by Crippen LogP contribution is 2.25. The molecule has 0 unspecified atom stereocenters. The molecule has 1 aromatic carbocycles. The first-order valence-electron chi connectivity index (χ1n) is 6.86. The van der Waals surface area contributed by atoms with Gasteiger partial charge >= 0.3 is 0 Å². The van der Waals surface area contributed by atoms with E-state index >= 15 is 0 Å². The molecule has 0 aliphatic carbocycles. The lowest BCUT2D eigenvalue weighted by Crippen LogP contribution is -2.46. The number of hydrogen-bond acceptors (Lipinski definition) is 4. The van der Waals surface area contributed by atoms with E-state index in [-0.39, 0.29) is 0 Å². The van der Waals surface area contributed by atoms with Crippen molar-refractivity contribution in [1.82, 2.24) is 0 Å². The second-order valence-corrected chi connectivity index (χ2v) is 6.08. The van der Waals surface area contributed by atoms with E-state index < -0.39 is 0 Å². The van der Waals surface area contributed by atoms with E-state index in [4.69, 9.17) is 0 Å². The minimum atomic E-state index is 0.807. The maximum atomic E-state index is 10.8. The third-order valence-corrected chi connectivity index (χ3v) is 4.58. The van der Waals surface area contributed by atoms with Crippen LogP contribution in [0.3, 0.4) is 0 Å². The number of piperazine rings is 1. The first-order chi connectivity index (χ1) is 9.76. The third-order valence-electron chi connectivity index (χ3n) is 3.73. The minimum absolute atomic E-state index is 0.807. The maximum Gasteiger partial charge on any atom is 0.160 e. The number of carbonyl (C=O) groups is 1. The molecule has 3 rings (SSSR count). The molecule has 104 valence electrons. The summed E-state index contributed by atoms with van der Waals surface area (Å²) in [4.78, 5) is 16.3. The number of thiophene rings is 1. The van der Waals surface area contributed by atoms with Crippen LogP contribution in [0, 0.1) is 6.92 Å². The molecule has 1 aliphatic heterocycles. The van der Waals surface area contributed by atoms with Crippen molar-refractivity contribution < 1.29 is 4.79 Å². The molecule has 1 fully saturated rings. The van der Waals surface area contributed by atoms with Gasteiger partial charge in [0.2, 0.25) is 0 Å². The molecule has 20 heavy (non-hydrogen) atoms. The zero-order valence-electron chi connectivity index (χ0n) is 11.6. The summed E-state index contributed by atoms with van der Waals surface area (Å²) in [6.07, 6.45) is 0.928. The Bertz CT molecular complexity index is 600. The minimum Gasteiger partial charge on any atom is -0.368 e. The SMILES string of the molecule is Cc1cccc(N2CCN(c3csc(C=O)c3)CC2)c1. The highest BCUT2D eigenvalue weighted by molar-refractivity contribution is 7.12. The molecule has 4 heteroatoms. The molecule has 2 heterocycles. The van der Waals surface area contributed by atoms with Crippen molar-refractivity contribution in [3.05, 3.63) is 46.2 Å². The van der Waals surface area contributed by atoms with Gasteiger partial charge in [-0.3, -0.25) is 4.79 Å². The number of hydrogen-bond donors (Lipinski definition) is 0. The van der Waals surface area contributed by atoms with Crippen LogP contribution >= 0.6 is 11.3 Å². The van der Waals surface area contributed by atoms with Gasteiger partial charge < -0.3 is 9.80 Å². The van der Waals surface area contributed by atoms with Gasteiger partial charge in [0, 0.05) is 42.9 Å². The van der Waals surface area contributed by atoms with Crippen LogP contribution in [0.4, 0.5) is 11.4 Å². The molecular weight excluding hydrogens is 268 g/mol. The lowest BCUT2D eigenvalue weighted by molar-refractivity contribution is 0.112. The fourth-order valence-electron chi connectivity index (χ4n) is 2.62. The summed E-state index contributed by atoms with van der Waals surface area (Å²) in [6, 6.07) is 10.7. The normalized spacial score (nSPS) is 15.4. The van der Waals surface area contributed by atoms with Crippen LogP contribution in [0.2, 0.25) is 0 Å². The maximum absolute atomic E-state index is 10.8. The summed E-state index contributed by atoms with van der Waals surface area (Å²) in [5.41, 5.74) is 3.79. The fourth-order valence-corrected chi connectivity index (χ4v) is 3.34. The van der Waals surface area contributed by atoms with Crippen LogP contribution in [-0.4, -0.2) is 32.5 Å². The largest absolute Gasteiger partial charge is 0.368 e. The Morgan fingerprint density at radius 2 is 1.75 bits per heavy atom. The predicted molar refractivity (Wildman–Crippen MR) is 85.3 cm³/mol. The molecule has 0 radical (unpaired) electrons. The lowest BCUT2D eigenvalue weighted by Gasteiger charge is -2.37. The summed E-state index contributed by atoms with van der Waals surface area (Å²) < 4.78 is 0. The first-order valence-corrected chi connectivity index (χ1v) is 7.74. The number of rotatable bonds is 3. The Hall–Kier alpha value is -1.81. The summed E-state index contributed by atoms with van der Waals surface area (Å²) in [5.74, 6) is 0. The average Bonchev–Trinajstić information content (AvgIpc) is 2.96. The Balaban J connectivity index is 1.66. The van der Waals surface area contributed by atoms with Crippen LogP contribution in [-0.2, 0) is 0 Å². The van der Waals surface area contributed by atoms with E-state index in [9.17, 15) is 4.79 Å². The molecule has 1 aromatic heterocycles. The molecule has 3 nitrogen and oxygen atoms in total. The lowest BCUT2D eigenvalue weighted by atomic mass is 10.2. The van der Waals surface area contributed by atoms with E-state index in [1.54, 1.807) is 0 Å². The van der Waals surface area contributed by atoms with Gasteiger partial charge in [-0.2, -0.15) is 0 Å². The standard InChI is InChI=1S/C16H18N2OS/c1-13-3-2-4-14(9-13)17-5-7-18(8-6-17)15-10-16(11-19)20-12-15/h2-4,9-12H,5-8H2,1H3. The second-order valence-electron chi connectivity index (χ2n) is 5.14. The predicted octanol–water partition coefficient (Wildman–Crippen LogP) is 3.20. The van der Waals surface area contributed by atoms with Crippen molar-refractivity contribution in [3.8, 4) is 0 Å². The van der Waals surface area contributed by atoms with Crippen molar-refractivity contribution >= 4 is 29.0 Å². The summed E-state index contributed by atoms with van der Waals surface area (Å²) in [6.45, 7) is 6.18. The van der Waals surface area contributed by atoms with Crippen LogP contribution < -0.4 is 9.80 Å². The van der Waals surface area contributed by atoms with Crippen LogP contribution in [0.25, 0.3) is 0 Å². The van der Waals surface area contributed by atoms with E-state index in [0.717, 1.165) is 37.3 Å². The van der Waals surface area contributed by atoms with E-state index in [1.807, 2.05) is 6.07 Å². The topological polar surface area (TPSA) is 23.6 Å². The molecule has 0 amide bonds. The van der Waals surface area contributed by atoms with E-state index in [2.05, 4.69) is 46.4 Å². The Morgan fingerprint density at radius 1 is 1.05 bits per heavy atom. The molecular formula is C16H18N2OS. The van der Waals surface area contributed by atoms with Gasteiger partial charge in [-0.25, -0.2) is 0 Å². The van der Waals surface area contributed by atoms with E-state index in [1.165, 1.54) is 28.3 Å². The highest BCUT2D eigenvalue weighted by Gasteiger charge is 2.18. The van der Waals surface area contributed by atoms with Gasteiger partial charge in [-0.1, -0.05) is 12.1 Å². The Morgan fingerprint density at radius 3 is 2.35 bits per heavy atom. The average molecular weight is 286 g/mol. The molecule has 0 bridgehead atoms. The van der Waals surface area contributed by atoms with Crippen molar-refractivity contribution in [2.24, 2.45) is 0 Å². The van der Waals surface area contributed by atoms with Crippen molar-refractivity contribution in [1.29, 1.82) is 0 Å². The second kappa shape index (κ2) is 5.67. The highest BCUT2D eigenvalue weighted by atomic mass is 32.1. The summed E-state index contributed by atoms with van der Waals surface area (Å²) in [7, 11) is 0. The molecule has 0 spiro atoms. The molecule has 0 saturated carbocycles. The smallest absolute Gasteiger partial charge is 0.160 e. The number of anilines is 2. The van der Waals surface area contributed by atoms with Crippen molar-refractivity contribution in [3.63, 3.8) is 0 Å². The number of aryl methyl sites for hydroxylation is 1. The third kappa shape index (κ3) is 2.70. The van der Waals surface area contributed by atoms with Crippen LogP contribution in [0.5, 0.6) is 0 Å². The van der Waals surface area contributed by atoms with Gasteiger partial charge in [0.25, 0.3) is 0 Å². The number of carbonyl (C=O) groups excluding carboxylic acids is 1. The zero-order valence-corrected chi connectivity index (χ0v) is 12.4. The summed E-state index contributed by atoms with van der Waals surface area (Å²) in [5, 5.41) is 2.08. The van der Waals surface area contributed by atoms with Gasteiger partial charge in [0.15, 0.2) is 6.29 Å².